The summed E-state index contributed by atoms with van der Waals surface area (Å²) in [7, 11) is 0. The SMILES string of the molecule is C=CC1CCC(C2CCC(c3ccc(C(C)(C)C)c(F)c3F)CC2)CC1. The van der Waals surface area contributed by atoms with Gasteiger partial charge in [0.25, 0.3) is 0 Å². The molecule has 0 spiro atoms. The zero-order valence-electron chi connectivity index (χ0n) is 16.7. The van der Waals surface area contributed by atoms with Gasteiger partial charge in [-0.05, 0) is 91.6 Å². The van der Waals surface area contributed by atoms with Crippen LogP contribution in [0.15, 0.2) is 24.8 Å². The van der Waals surface area contributed by atoms with Gasteiger partial charge < -0.3 is 0 Å². The lowest BCUT2D eigenvalue weighted by Crippen LogP contribution is -2.25. The molecule has 0 aromatic heterocycles. The minimum atomic E-state index is -0.639. The predicted molar refractivity (Wildman–Crippen MR) is 105 cm³/mol. The van der Waals surface area contributed by atoms with Crippen molar-refractivity contribution in [1.29, 1.82) is 0 Å². The summed E-state index contributed by atoms with van der Waals surface area (Å²) in [6, 6.07) is 3.65. The third-order valence-corrected chi connectivity index (χ3v) is 6.95. The van der Waals surface area contributed by atoms with Crippen LogP contribution in [0.25, 0.3) is 0 Å². The van der Waals surface area contributed by atoms with Gasteiger partial charge in [-0.2, -0.15) is 0 Å². The first kappa shape index (κ1) is 19.6. The molecule has 0 radical (unpaired) electrons. The molecule has 0 heterocycles. The Balaban J connectivity index is 1.63. The van der Waals surface area contributed by atoms with Crippen molar-refractivity contribution < 1.29 is 8.78 Å². The van der Waals surface area contributed by atoms with Crippen molar-refractivity contribution in [1.82, 2.24) is 0 Å². The van der Waals surface area contributed by atoms with Crippen LogP contribution in [0.1, 0.15) is 89.2 Å². The molecule has 0 nitrogen and oxygen atoms in total. The van der Waals surface area contributed by atoms with Crippen LogP contribution in [0.4, 0.5) is 8.78 Å². The minimum Gasteiger partial charge on any atom is -0.203 e. The Morgan fingerprint density at radius 3 is 1.88 bits per heavy atom. The Kier molecular flexibility index (Phi) is 5.89. The normalized spacial score (nSPS) is 30.2. The van der Waals surface area contributed by atoms with E-state index in [1.807, 2.05) is 26.8 Å². The van der Waals surface area contributed by atoms with E-state index in [1.165, 1.54) is 25.7 Å². The molecule has 0 amide bonds. The molecule has 2 aliphatic rings. The molecule has 0 N–H and O–H groups in total. The van der Waals surface area contributed by atoms with E-state index in [-0.39, 0.29) is 11.3 Å². The quantitative estimate of drug-likeness (QED) is 0.489. The van der Waals surface area contributed by atoms with Crippen molar-refractivity contribution in [2.75, 3.05) is 0 Å². The summed E-state index contributed by atoms with van der Waals surface area (Å²) in [6.45, 7) is 9.72. The maximum atomic E-state index is 14.7. The topological polar surface area (TPSA) is 0 Å². The Morgan fingerprint density at radius 2 is 1.38 bits per heavy atom. The third kappa shape index (κ3) is 4.05. The van der Waals surface area contributed by atoms with E-state index >= 15 is 0 Å². The first-order valence-corrected chi connectivity index (χ1v) is 10.4. The molecule has 2 heteroatoms. The maximum Gasteiger partial charge on any atom is 0.162 e. The van der Waals surface area contributed by atoms with E-state index in [0.29, 0.717) is 17.0 Å². The smallest absolute Gasteiger partial charge is 0.162 e. The van der Waals surface area contributed by atoms with Crippen molar-refractivity contribution in [3.8, 4) is 0 Å². The summed E-state index contributed by atoms with van der Waals surface area (Å²) in [5.74, 6) is 1.25. The molecule has 0 atom stereocenters. The van der Waals surface area contributed by atoms with E-state index in [0.717, 1.165) is 37.5 Å². The fourth-order valence-corrected chi connectivity index (χ4v) is 5.21. The van der Waals surface area contributed by atoms with Crippen LogP contribution in [-0.2, 0) is 5.41 Å². The average Bonchev–Trinajstić information content (AvgIpc) is 2.63. The summed E-state index contributed by atoms with van der Waals surface area (Å²) in [5.41, 5.74) is 0.710. The molecule has 2 aliphatic carbocycles. The molecule has 3 rings (SSSR count). The number of rotatable bonds is 3. The van der Waals surface area contributed by atoms with Crippen LogP contribution in [-0.4, -0.2) is 0 Å². The van der Waals surface area contributed by atoms with Crippen LogP contribution < -0.4 is 0 Å². The minimum absolute atomic E-state index is 0.180. The Bertz CT molecular complexity index is 624. The molecule has 0 aliphatic heterocycles. The van der Waals surface area contributed by atoms with Gasteiger partial charge in [-0.25, -0.2) is 8.78 Å². The highest BCUT2D eigenvalue weighted by molar-refractivity contribution is 5.33. The first-order chi connectivity index (χ1) is 12.3. The van der Waals surface area contributed by atoms with Crippen molar-refractivity contribution >= 4 is 0 Å². The standard InChI is InChI=1S/C24H34F2/c1-5-16-6-8-17(9-7-16)18-10-12-19(13-11-18)20-14-15-21(24(2,3)4)23(26)22(20)25/h5,14-19H,1,6-13H2,2-4H3. The van der Waals surface area contributed by atoms with Crippen LogP contribution in [0.3, 0.4) is 0 Å². The lowest BCUT2D eigenvalue weighted by atomic mass is 9.68. The van der Waals surface area contributed by atoms with E-state index in [2.05, 4.69) is 12.7 Å². The van der Waals surface area contributed by atoms with Crippen LogP contribution in [0.5, 0.6) is 0 Å². The molecule has 26 heavy (non-hydrogen) atoms. The van der Waals surface area contributed by atoms with E-state index < -0.39 is 11.6 Å². The lowest BCUT2D eigenvalue weighted by Gasteiger charge is -2.37. The van der Waals surface area contributed by atoms with E-state index in [1.54, 1.807) is 6.07 Å². The fourth-order valence-electron chi connectivity index (χ4n) is 5.21. The molecule has 0 unspecified atom stereocenters. The van der Waals surface area contributed by atoms with Gasteiger partial charge in [-0.15, -0.1) is 6.58 Å². The molecule has 0 saturated heterocycles. The second-order valence-electron chi connectivity index (χ2n) is 9.60. The summed E-state index contributed by atoms with van der Waals surface area (Å²) in [6.07, 6.45) is 11.6. The molecular weight excluding hydrogens is 326 g/mol. The highest BCUT2D eigenvalue weighted by Gasteiger charge is 2.32. The van der Waals surface area contributed by atoms with Gasteiger partial charge in [0.2, 0.25) is 0 Å². The van der Waals surface area contributed by atoms with Gasteiger partial charge in [-0.3, -0.25) is 0 Å². The summed E-state index contributed by atoms with van der Waals surface area (Å²) >= 11 is 0. The zero-order valence-corrected chi connectivity index (χ0v) is 16.7. The van der Waals surface area contributed by atoms with Crippen molar-refractivity contribution in [2.45, 2.75) is 83.5 Å². The molecular formula is C24H34F2. The van der Waals surface area contributed by atoms with Crippen LogP contribution in [0, 0.1) is 29.4 Å². The van der Waals surface area contributed by atoms with E-state index in [4.69, 9.17) is 0 Å². The van der Waals surface area contributed by atoms with Crippen LogP contribution >= 0.6 is 0 Å². The van der Waals surface area contributed by atoms with Gasteiger partial charge in [0.05, 0.1) is 0 Å². The van der Waals surface area contributed by atoms with Crippen molar-refractivity contribution in [3.63, 3.8) is 0 Å². The second-order valence-corrected chi connectivity index (χ2v) is 9.60. The number of benzene rings is 1. The number of hydrogen-bond donors (Lipinski definition) is 0. The Labute approximate surface area is 158 Å². The van der Waals surface area contributed by atoms with Crippen molar-refractivity contribution in [2.24, 2.45) is 17.8 Å². The molecule has 1 aromatic carbocycles. The van der Waals surface area contributed by atoms with Crippen molar-refractivity contribution in [3.05, 3.63) is 47.5 Å². The number of halogens is 2. The van der Waals surface area contributed by atoms with Gasteiger partial charge in [-0.1, -0.05) is 39.0 Å². The second kappa shape index (κ2) is 7.82. The molecule has 0 bridgehead atoms. The largest absolute Gasteiger partial charge is 0.203 e. The fraction of sp³-hybridized carbons (Fsp3) is 0.667. The van der Waals surface area contributed by atoms with E-state index in [9.17, 15) is 8.78 Å². The summed E-state index contributed by atoms with van der Waals surface area (Å²) < 4.78 is 29.3. The summed E-state index contributed by atoms with van der Waals surface area (Å²) in [4.78, 5) is 0. The maximum absolute atomic E-state index is 14.7. The average molecular weight is 361 g/mol. The molecule has 2 fully saturated rings. The molecule has 2 saturated carbocycles. The zero-order chi connectivity index (χ0) is 18.9. The van der Waals surface area contributed by atoms with Gasteiger partial charge >= 0.3 is 0 Å². The van der Waals surface area contributed by atoms with Gasteiger partial charge in [0, 0.05) is 0 Å². The predicted octanol–water partition coefficient (Wildman–Crippen LogP) is 7.53. The molecule has 144 valence electrons. The Hall–Kier alpha value is -1.18. The van der Waals surface area contributed by atoms with Gasteiger partial charge in [0.1, 0.15) is 0 Å². The highest BCUT2D eigenvalue weighted by atomic mass is 19.2. The van der Waals surface area contributed by atoms with Crippen LogP contribution in [0.2, 0.25) is 0 Å². The highest BCUT2D eigenvalue weighted by Crippen LogP contribution is 2.45. The number of allylic oxidation sites excluding steroid dienone is 1. The lowest BCUT2D eigenvalue weighted by molar-refractivity contribution is 0.170. The Morgan fingerprint density at radius 1 is 0.846 bits per heavy atom. The van der Waals surface area contributed by atoms with Gasteiger partial charge in [0.15, 0.2) is 11.6 Å². The summed E-state index contributed by atoms with van der Waals surface area (Å²) in [5, 5.41) is 0. The molecule has 1 aromatic rings. The monoisotopic (exact) mass is 360 g/mol. The first-order valence-electron chi connectivity index (χ1n) is 10.4. The third-order valence-electron chi connectivity index (χ3n) is 6.95. The number of hydrogen-bond acceptors (Lipinski definition) is 0.